The smallest absolute Gasteiger partial charge is 0.362 e. The number of aliphatic carboxylic acids is 1. The first kappa shape index (κ1) is 48.1. The first-order valence-corrected chi connectivity index (χ1v) is 20.7. The van der Waals surface area contributed by atoms with Crippen molar-refractivity contribution in [2.75, 3.05) is 41.0 Å². The molecule has 0 aliphatic heterocycles. The van der Waals surface area contributed by atoms with Crippen LogP contribution in [0.4, 0.5) is 0 Å². The molecule has 1 N–H and O–H groups in total. The molecule has 0 rings (SSSR count). The predicted octanol–water partition coefficient (Wildman–Crippen LogP) is 10.7. The number of nitrogens with zero attached hydrogens (tertiary/aromatic N) is 1. The van der Waals surface area contributed by atoms with Gasteiger partial charge in [0.25, 0.3) is 0 Å². The first-order valence-electron chi connectivity index (χ1n) is 20.7. The molecule has 0 saturated heterocycles. The zero-order chi connectivity index (χ0) is 37.1. The molecule has 0 heterocycles. The number of hydrogen-bond donors (Lipinski definition) is 1. The molecule has 8 nitrogen and oxygen atoms in total. The third-order valence-corrected chi connectivity index (χ3v) is 9.41. The second-order valence-electron chi connectivity index (χ2n) is 15.2. The number of carbonyl (C=O) groups excluding carboxylic acids is 2. The molecule has 2 atom stereocenters. The molecule has 0 radical (unpaired) electrons. The van der Waals surface area contributed by atoms with Crippen LogP contribution in [-0.2, 0) is 28.6 Å². The van der Waals surface area contributed by atoms with Crippen molar-refractivity contribution >= 4 is 17.9 Å². The highest BCUT2D eigenvalue weighted by Crippen LogP contribution is 2.15. The van der Waals surface area contributed by atoms with Crippen molar-refractivity contribution in [1.29, 1.82) is 0 Å². The maximum Gasteiger partial charge on any atom is 0.362 e. The number of quaternary nitrogens is 1. The van der Waals surface area contributed by atoms with Gasteiger partial charge in [0.15, 0.2) is 12.1 Å². The summed E-state index contributed by atoms with van der Waals surface area (Å²) >= 11 is 0. The predicted molar refractivity (Wildman–Crippen MR) is 206 cm³/mol. The maximum absolute atomic E-state index is 12.6. The van der Waals surface area contributed by atoms with Gasteiger partial charge in [-0.1, -0.05) is 148 Å². The van der Waals surface area contributed by atoms with Gasteiger partial charge >= 0.3 is 17.9 Å². The van der Waals surface area contributed by atoms with Crippen molar-refractivity contribution in [3.05, 3.63) is 12.2 Å². The Hall–Kier alpha value is -1.93. The largest absolute Gasteiger partial charge is 0.477 e. The summed E-state index contributed by atoms with van der Waals surface area (Å²) in [6.07, 6.45) is 33.9. The summed E-state index contributed by atoms with van der Waals surface area (Å²) in [6.45, 7) is 4.70. The molecule has 0 saturated carbocycles. The van der Waals surface area contributed by atoms with Crippen LogP contribution in [0.25, 0.3) is 0 Å². The summed E-state index contributed by atoms with van der Waals surface area (Å²) in [7, 11) is 5.52. The monoisotopic (exact) mass is 711 g/mol. The molecule has 0 spiro atoms. The molecule has 8 heteroatoms. The molecule has 0 aromatic heterocycles. The number of unbranched alkanes of at least 4 members (excludes halogenated alkanes) is 21. The number of hydrogen-bond acceptors (Lipinski definition) is 6. The standard InChI is InChI=1S/C42H79NO7/c1-6-8-10-12-14-16-18-19-20-21-23-24-26-28-30-32-40(44)49-37-38(36-48-35-34-39(42(46)47)43(3,4)5)50-41(45)33-31-29-27-25-22-17-15-13-11-9-7-2/h13,15,38-39H,6-12,14,16-37H2,1-5H3/p+1/b15-13+. The molecule has 0 fully saturated rings. The second kappa shape index (κ2) is 34.2. The normalized spacial score (nSPS) is 13.1. The Morgan fingerprint density at radius 2 is 1.02 bits per heavy atom. The van der Waals surface area contributed by atoms with Crippen LogP contribution in [0, 0.1) is 0 Å². The van der Waals surface area contributed by atoms with E-state index in [9.17, 15) is 19.5 Å². The quantitative estimate of drug-likeness (QED) is 0.0296. The minimum Gasteiger partial charge on any atom is -0.477 e. The summed E-state index contributed by atoms with van der Waals surface area (Å²) in [5, 5.41) is 9.59. The average molecular weight is 711 g/mol. The summed E-state index contributed by atoms with van der Waals surface area (Å²) < 4.78 is 17.2. The van der Waals surface area contributed by atoms with E-state index in [1.165, 1.54) is 103 Å². The summed E-state index contributed by atoms with van der Waals surface area (Å²) in [5.41, 5.74) is 0. The van der Waals surface area contributed by atoms with Gasteiger partial charge < -0.3 is 23.8 Å². The van der Waals surface area contributed by atoms with Crippen molar-refractivity contribution in [3.8, 4) is 0 Å². The molecule has 50 heavy (non-hydrogen) atoms. The van der Waals surface area contributed by atoms with Crippen LogP contribution in [0.5, 0.6) is 0 Å². The SMILES string of the molecule is CCCC/C=C/CCCCCCCC(=O)OC(COCCC(C(=O)O)[N+](C)(C)C)COC(=O)CCCCCCCCCCCCCCCCC. The third-order valence-electron chi connectivity index (χ3n) is 9.41. The lowest BCUT2D eigenvalue weighted by molar-refractivity contribution is -0.887. The summed E-state index contributed by atoms with van der Waals surface area (Å²) in [6, 6.07) is -0.610. The topological polar surface area (TPSA) is 99.1 Å². The summed E-state index contributed by atoms with van der Waals surface area (Å²) in [5.74, 6) is -1.47. The second-order valence-corrected chi connectivity index (χ2v) is 15.2. The van der Waals surface area contributed by atoms with Gasteiger partial charge in [-0.15, -0.1) is 0 Å². The van der Waals surface area contributed by atoms with Gasteiger partial charge in [0, 0.05) is 19.3 Å². The lowest BCUT2D eigenvalue weighted by atomic mass is 10.0. The van der Waals surface area contributed by atoms with E-state index in [1.807, 2.05) is 21.1 Å². The number of allylic oxidation sites excluding steroid dienone is 2. The van der Waals surface area contributed by atoms with Gasteiger partial charge in [-0.3, -0.25) is 9.59 Å². The molecule has 0 aliphatic rings. The Labute approximate surface area is 308 Å². The van der Waals surface area contributed by atoms with Crippen LogP contribution < -0.4 is 0 Å². The minimum atomic E-state index is -0.875. The molecule has 294 valence electrons. The number of carboxylic acids is 1. The van der Waals surface area contributed by atoms with Gasteiger partial charge in [-0.25, -0.2) is 4.79 Å². The highest BCUT2D eigenvalue weighted by atomic mass is 16.6. The lowest BCUT2D eigenvalue weighted by Crippen LogP contribution is -2.50. The fraction of sp³-hybridized carbons (Fsp3) is 0.881. The van der Waals surface area contributed by atoms with E-state index in [-0.39, 0.29) is 36.2 Å². The van der Waals surface area contributed by atoms with Crippen LogP contribution >= 0.6 is 0 Å². The van der Waals surface area contributed by atoms with Crippen LogP contribution in [0.2, 0.25) is 0 Å². The van der Waals surface area contributed by atoms with Crippen LogP contribution in [-0.4, -0.2) is 80.6 Å². The van der Waals surface area contributed by atoms with Crippen molar-refractivity contribution in [2.24, 2.45) is 0 Å². The number of esters is 2. The maximum atomic E-state index is 12.6. The van der Waals surface area contributed by atoms with Crippen molar-refractivity contribution < 1.29 is 38.2 Å². The highest BCUT2D eigenvalue weighted by Gasteiger charge is 2.31. The van der Waals surface area contributed by atoms with E-state index in [0.29, 0.717) is 19.3 Å². The lowest BCUT2D eigenvalue weighted by Gasteiger charge is -2.31. The van der Waals surface area contributed by atoms with E-state index in [1.54, 1.807) is 0 Å². The molecule has 0 bridgehead atoms. The van der Waals surface area contributed by atoms with E-state index < -0.39 is 18.1 Å². The molecular weight excluding hydrogens is 630 g/mol. The van der Waals surface area contributed by atoms with Crippen LogP contribution in [0.15, 0.2) is 12.2 Å². The Morgan fingerprint density at radius 1 is 0.580 bits per heavy atom. The van der Waals surface area contributed by atoms with E-state index >= 15 is 0 Å². The molecule has 0 aliphatic carbocycles. The number of carboxylic acid groups (broad SMARTS) is 1. The number of rotatable bonds is 37. The minimum absolute atomic E-state index is 0.0488. The van der Waals surface area contributed by atoms with Crippen molar-refractivity contribution in [2.45, 2.75) is 199 Å². The van der Waals surface area contributed by atoms with Gasteiger partial charge in [-0.05, 0) is 32.1 Å². The third kappa shape index (κ3) is 32.0. The molecule has 0 amide bonds. The van der Waals surface area contributed by atoms with Gasteiger partial charge in [0.05, 0.1) is 34.4 Å². The fourth-order valence-electron chi connectivity index (χ4n) is 6.13. The Bertz CT molecular complexity index is 838. The number of carbonyl (C=O) groups is 3. The van der Waals surface area contributed by atoms with Gasteiger partial charge in [-0.2, -0.15) is 0 Å². The van der Waals surface area contributed by atoms with Crippen LogP contribution in [0.3, 0.4) is 0 Å². The fourth-order valence-corrected chi connectivity index (χ4v) is 6.13. The molecule has 0 aromatic carbocycles. The zero-order valence-corrected chi connectivity index (χ0v) is 33.4. The number of ether oxygens (including phenoxy) is 3. The van der Waals surface area contributed by atoms with E-state index in [0.717, 1.165) is 51.4 Å². The summed E-state index contributed by atoms with van der Waals surface area (Å²) in [4.78, 5) is 36.8. The number of likely N-dealkylation sites (N-methyl/N-ethyl adjacent to an activating group) is 1. The average Bonchev–Trinajstić information content (AvgIpc) is 3.06. The van der Waals surface area contributed by atoms with E-state index in [4.69, 9.17) is 14.2 Å². The first-order chi connectivity index (χ1) is 24.1. The van der Waals surface area contributed by atoms with Gasteiger partial charge in [0.1, 0.15) is 6.61 Å². The Balaban J connectivity index is 4.34. The van der Waals surface area contributed by atoms with Gasteiger partial charge in [0.2, 0.25) is 0 Å². The zero-order valence-electron chi connectivity index (χ0n) is 33.4. The van der Waals surface area contributed by atoms with Crippen molar-refractivity contribution in [1.82, 2.24) is 0 Å². The van der Waals surface area contributed by atoms with Crippen LogP contribution in [0.1, 0.15) is 187 Å². The van der Waals surface area contributed by atoms with Crippen molar-refractivity contribution in [3.63, 3.8) is 0 Å². The molecule has 0 aromatic rings. The Kier molecular flexibility index (Phi) is 32.9. The van der Waals surface area contributed by atoms with E-state index in [2.05, 4.69) is 26.0 Å². The molecule has 2 unspecified atom stereocenters. The highest BCUT2D eigenvalue weighted by molar-refractivity contribution is 5.72. The molecular formula is C42H80NO7+. The Morgan fingerprint density at radius 3 is 1.50 bits per heavy atom.